The molecule has 0 aliphatic carbocycles. The topological polar surface area (TPSA) is 63.8 Å². The summed E-state index contributed by atoms with van der Waals surface area (Å²) in [6.45, 7) is 0. The predicted octanol–water partition coefficient (Wildman–Crippen LogP) is 3.77. The molecule has 4 nitrogen and oxygen atoms in total. The number of nitrogen functional groups attached to an aromatic ring is 1. The van der Waals surface area contributed by atoms with Gasteiger partial charge in [0.2, 0.25) is 0 Å². The van der Waals surface area contributed by atoms with Crippen LogP contribution in [0.4, 0.5) is 26.0 Å². The zero-order valence-corrected chi connectivity index (χ0v) is 11.1. The minimum absolute atomic E-state index is 0.108. The minimum atomic E-state index is -2.51. The molecule has 100 valence electrons. The first-order valence-corrected chi connectivity index (χ1v) is 6.40. The minimum Gasteiger partial charge on any atom is -0.393 e. The van der Waals surface area contributed by atoms with E-state index in [1.165, 1.54) is 6.33 Å². The zero-order chi connectivity index (χ0) is 13.8. The number of halogens is 3. The molecule has 0 saturated heterocycles. The third-order valence-corrected chi connectivity index (χ3v) is 3.28. The highest BCUT2D eigenvalue weighted by Gasteiger charge is 2.12. The Morgan fingerprint density at radius 3 is 2.74 bits per heavy atom. The third-order valence-electron chi connectivity index (χ3n) is 2.19. The van der Waals surface area contributed by atoms with Crippen LogP contribution in [0.3, 0.4) is 0 Å². The fourth-order valence-electron chi connectivity index (χ4n) is 1.37. The first kappa shape index (κ1) is 13.8. The number of hydrogen-bond acceptors (Lipinski definition) is 5. The Kier molecular flexibility index (Phi) is 4.39. The molecular formula is C11H9ClF2N4S. The average molecular weight is 303 g/mol. The predicted molar refractivity (Wildman–Crippen MR) is 73.0 cm³/mol. The van der Waals surface area contributed by atoms with E-state index < -0.39 is 5.76 Å². The van der Waals surface area contributed by atoms with Crippen molar-refractivity contribution in [2.45, 2.75) is 10.7 Å². The Balaban J connectivity index is 2.30. The summed E-state index contributed by atoms with van der Waals surface area (Å²) in [5.41, 5.74) is 6.36. The maximum atomic E-state index is 12.4. The number of para-hydroxylation sites is 1. The number of benzene rings is 1. The standard InChI is InChI=1S/C11H9ClF2N4S/c12-9-8(15)10(17-5-16-9)18-6-3-1-2-4-7(6)19-11(13)14/h1-5,11H,15H2,(H,16,17,18). The molecule has 0 spiro atoms. The van der Waals surface area contributed by atoms with E-state index in [0.29, 0.717) is 22.3 Å². The van der Waals surface area contributed by atoms with Gasteiger partial charge in [-0.05, 0) is 12.1 Å². The lowest BCUT2D eigenvalue weighted by Crippen LogP contribution is -2.02. The molecule has 1 aromatic carbocycles. The van der Waals surface area contributed by atoms with Crippen LogP contribution in [0.15, 0.2) is 35.5 Å². The Hall–Kier alpha value is -1.60. The van der Waals surface area contributed by atoms with Gasteiger partial charge in [0.15, 0.2) is 11.0 Å². The molecule has 0 atom stereocenters. The molecule has 0 radical (unpaired) electrons. The Morgan fingerprint density at radius 2 is 2.00 bits per heavy atom. The molecule has 3 N–H and O–H groups in total. The fraction of sp³-hybridized carbons (Fsp3) is 0.0909. The van der Waals surface area contributed by atoms with E-state index in [0.717, 1.165) is 0 Å². The van der Waals surface area contributed by atoms with Gasteiger partial charge in [-0.15, -0.1) is 0 Å². The van der Waals surface area contributed by atoms with Gasteiger partial charge in [0, 0.05) is 4.90 Å². The molecule has 0 unspecified atom stereocenters. The Labute approximate surface area is 117 Å². The number of anilines is 3. The van der Waals surface area contributed by atoms with Gasteiger partial charge >= 0.3 is 0 Å². The number of nitrogens with zero attached hydrogens (tertiary/aromatic N) is 2. The smallest absolute Gasteiger partial charge is 0.288 e. The molecule has 1 aromatic heterocycles. The zero-order valence-electron chi connectivity index (χ0n) is 9.48. The Morgan fingerprint density at radius 1 is 1.26 bits per heavy atom. The van der Waals surface area contributed by atoms with E-state index in [4.69, 9.17) is 17.3 Å². The van der Waals surface area contributed by atoms with Crippen molar-refractivity contribution in [2.24, 2.45) is 0 Å². The highest BCUT2D eigenvalue weighted by molar-refractivity contribution is 7.99. The van der Waals surface area contributed by atoms with E-state index in [2.05, 4.69) is 15.3 Å². The summed E-state index contributed by atoms with van der Waals surface area (Å²) >= 11 is 6.20. The number of nitrogens with two attached hydrogens (primary N) is 1. The van der Waals surface area contributed by atoms with Crippen LogP contribution in [0, 0.1) is 0 Å². The maximum absolute atomic E-state index is 12.4. The van der Waals surface area contributed by atoms with Gasteiger partial charge < -0.3 is 11.1 Å². The van der Waals surface area contributed by atoms with Crippen molar-refractivity contribution in [3.05, 3.63) is 35.7 Å². The molecule has 1 heterocycles. The van der Waals surface area contributed by atoms with Crippen molar-refractivity contribution in [3.63, 3.8) is 0 Å². The second kappa shape index (κ2) is 6.03. The van der Waals surface area contributed by atoms with Crippen LogP contribution >= 0.6 is 23.4 Å². The van der Waals surface area contributed by atoms with Gasteiger partial charge in [-0.1, -0.05) is 35.5 Å². The first-order valence-electron chi connectivity index (χ1n) is 5.14. The molecule has 0 bridgehead atoms. The highest BCUT2D eigenvalue weighted by atomic mass is 35.5. The Bertz CT molecular complexity index is 582. The van der Waals surface area contributed by atoms with Crippen LogP contribution < -0.4 is 11.1 Å². The lowest BCUT2D eigenvalue weighted by atomic mass is 10.3. The van der Waals surface area contributed by atoms with E-state index >= 15 is 0 Å². The summed E-state index contributed by atoms with van der Waals surface area (Å²) in [5, 5.41) is 2.98. The quantitative estimate of drug-likeness (QED) is 0.665. The van der Waals surface area contributed by atoms with Gasteiger partial charge in [0.1, 0.15) is 12.0 Å². The summed E-state index contributed by atoms with van der Waals surface area (Å²) < 4.78 is 24.9. The molecule has 0 amide bonds. The molecule has 0 saturated carbocycles. The van der Waals surface area contributed by atoms with E-state index in [-0.39, 0.29) is 16.7 Å². The summed E-state index contributed by atoms with van der Waals surface area (Å²) in [7, 11) is 0. The van der Waals surface area contributed by atoms with Crippen LogP contribution in [-0.2, 0) is 0 Å². The van der Waals surface area contributed by atoms with Gasteiger partial charge in [-0.2, -0.15) is 8.78 Å². The lowest BCUT2D eigenvalue weighted by Gasteiger charge is -2.12. The van der Waals surface area contributed by atoms with Crippen LogP contribution in [0.2, 0.25) is 5.15 Å². The largest absolute Gasteiger partial charge is 0.393 e. The third kappa shape index (κ3) is 3.45. The van der Waals surface area contributed by atoms with Crippen molar-refractivity contribution >= 4 is 40.6 Å². The molecule has 8 heteroatoms. The SMILES string of the molecule is Nc1c(Cl)ncnc1Nc1ccccc1SC(F)F. The number of alkyl halides is 2. The number of rotatable bonds is 4. The molecule has 0 aliphatic rings. The van der Waals surface area contributed by atoms with Crippen molar-refractivity contribution < 1.29 is 8.78 Å². The second-order valence-corrected chi connectivity index (χ2v) is 4.82. The summed E-state index contributed by atoms with van der Waals surface area (Å²) in [6, 6.07) is 6.63. The van der Waals surface area contributed by atoms with Crippen molar-refractivity contribution in [1.29, 1.82) is 0 Å². The summed E-state index contributed by atoms with van der Waals surface area (Å²) in [5.74, 6) is -2.23. The first-order chi connectivity index (χ1) is 9.08. The van der Waals surface area contributed by atoms with Gasteiger partial charge in [-0.25, -0.2) is 9.97 Å². The number of thioether (sulfide) groups is 1. The molecule has 2 rings (SSSR count). The van der Waals surface area contributed by atoms with Crippen LogP contribution in [0.5, 0.6) is 0 Å². The van der Waals surface area contributed by atoms with E-state index in [1.807, 2.05) is 0 Å². The van der Waals surface area contributed by atoms with E-state index in [9.17, 15) is 8.78 Å². The summed E-state index contributed by atoms with van der Waals surface area (Å²) in [6.07, 6.45) is 1.24. The van der Waals surface area contributed by atoms with Gasteiger partial charge in [0.25, 0.3) is 5.76 Å². The van der Waals surface area contributed by atoms with Crippen LogP contribution in [0.25, 0.3) is 0 Å². The molecule has 0 fully saturated rings. The molecule has 19 heavy (non-hydrogen) atoms. The van der Waals surface area contributed by atoms with Crippen molar-refractivity contribution in [2.75, 3.05) is 11.1 Å². The molecule has 2 aromatic rings. The fourth-order valence-corrected chi connectivity index (χ4v) is 2.10. The number of aromatic nitrogens is 2. The highest BCUT2D eigenvalue weighted by Crippen LogP contribution is 2.34. The normalized spacial score (nSPS) is 10.7. The number of nitrogens with one attached hydrogen (secondary N) is 1. The second-order valence-electron chi connectivity index (χ2n) is 3.43. The monoisotopic (exact) mass is 302 g/mol. The average Bonchev–Trinajstić information content (AvgIpc) is 2.36. The molecule has 0 aliphatic heterocycles. The van der Waals surface area contributed by atoms with Gasteiger partial charge in [0.05, 0.1) is 5.69 Å². The number of hydrogen-bond donors (Lipinski definition) is 2. The van der Waals surface area contributed by atoms with Crippen LogP contribution in [-0.4, -0.2) is 15.7 Å². The maximum Gasteiger partial charge on any atom is 0.288 e. The van der Waals surface area contributed by atoms with E-state index in [1.54, 1.807) is 24.3 Å². The summed E-state index contributed by atoms with van der Waals surface area (Å²) in [4.78, 5) is 8.04. The lowest BCUT2D eigenvalue weighted by molar-refractivity contribution is 0.252. The van der Waals surface area contributed by atoms with Crippen molar-refractivity contribution in [3.8, 4) is 0 Å². The van der Waals surface area contributed by atoms with Crippen LogP contribution in [0.1, 0.15) is 0 Å². The molecular weight excluding hydrogens is 294 g/mol. The van der Waals surface area contributed by atoms with Crippen molar-refractivity contribution in [1.82, 2.24) is 9.97 Å². The van der Waals surface area contributed by atoms with Gasteiger partial charge in [-0.3, -0.25) is 0 Å².